The van der Waals surface area contributed by atoms with Crippen molar-refractivity contribution in [1.82, 2.24) is 0 Å². The number of hydrogen-bond donors (Lipinski definition) is 1. The van der Waals surface area contributed by atoms with Crippen molar-refractivity contribution in [2.24, 2.45) is 11.8 Å². The van der Waals surface area contributed by atoms with E-state index in [1.165, 1.54) is 25.7 Å². The van der Waals surface area contributed by atoms with Gasteiger partial charge in [-0.3, -0.25) is 0 Å². The van der Waals surface area contributed by atoms with E-state index in [4.69, 9.17) is 0 Å². The Labute approximate surface area is 56.1 Å². The molecule has 0 amide bonds. The molecule has 1 N–H and O–H groups in total. The Bertz CT molecular complexity index is 111. The molecule has 2 rings (SSSR count). The Morgan fingerprint density at radius 3 is 2.78 bits per heavy atom. The van der Waals surface area contributed by atoms with Crippen LogP contribution in [0.25, 0.3) is 0 Å². The van der Waals surface area contributed by atoms with Gasteiger partial charge in [-0.05, 0) is 24.7 Å². The zero-order valence-electron chi connectivity index (χ0n) is 5.71. The van der Waals surface area contributed by atoms with Gasteiger partial charge < -0.3 is 5.11 Å². The maximum atomic E-state index is 9.40. The van der Waals surface area contributed by atoms with Crippen LogP contribution in [0.4, 0.5) is 0 Å². The van der Waals surface area contributed by atoms with E-state index >= 15 is 0 Å². The van der Waals surface area contributed by atoms with Crippen LogP contribution in [0.5, 0.6) is 0 Å². The Balaban J connectivity index is 1.96. The first-order valence-electron chi connectivity index (χ1n) is 4.06. The molecule has 0 aliphatic heterocycles. The van der Waals surface area contributed by atoms with Crippen molar-refractivity contribution in [2.45, 2.75) is 38.2 Å². The topological polar surface area (TPSA) is 20.2 Å². The predicted molar refractivity (Wildman–Crippen MR) is 36.1 cm³/mol. The third-order valence-corrected chi connectivity index (χ3v) is 2.80. The van der Waals surface area contributed by atoms with E-state index in [0.29, 0.717) is 5.92 Å². The van der Waals surface area contributed by atoms with Crippen LogP contribution in [0.3, 0.4) is 0 Å². The van der Waals surface area contributed by atoms with Gasteiger partial charge in [-0.2, -0.15) is 0 Å². The van der Waals surface area contributed by atoms with Gasteiger partial charge in [0.1, 0.15) is 0 Å². The number of fused-ring (bicyclic) bond motifs is 1. The molecule has 52 valence electrons. The van der Waals surface area contributed by atoms with Crippen LogP contribution in [0, 0.1) is 11.8 Å². The van der Waals surface area contributed by atoms with Crippen LogP contribution in [0.1, 0.15) is 32.1 Å². The normalized spacial score (nSPS) is 49.7. The molecule has 1 nitrogen and oxygen atoms in total. The molecule has 9 heavy (non-hydrogen) atoms. The van der Waals surface area contributed by atoms with Gasteiger partial charge in [0.15, 0.2) is 0 Å². The van der Waals surface area contributed by atoms with E-state index in [9.17, 15) is 5.11 Å². The molecule has 2 aliphatic carbocycles. The summed E-state index contributed by atoms with van der Waals surface area (Å²) in [6.45, 7) is 0. The SMILES string of the molecule is O[C@@H]1CCCC[C@H]2C[C@@H]21. The molecule has 0 spiro atoms. The summed E-state index contributed by atoms with van der Waals surface area (Å²) in [5, 5.41) is 9.40. The highest BCUT2D eigenvalue weighted by atomic mass is 16.3. The zero-order chi connectivity index (χ0) is 6.27. The summed E-state index contributed by atoms with van der Waals surface area (Å²) in [5.41, 5.74) is 0. The molecule has 0 bridgehead atoms. The molecule has 3 atom stereocenters. The van der Waals surface area contributed by atoms with Gasteiger partial charge >= 0.3 is 0 Å². The van der Waals surface area contributed by atoms with E-state index in [1.807, 2.05) is 0 Å². The molecule has 0 radical (unpaired) electrons. The summed E-state index contributed by atoms with van der Waals surface area (Å²) in [7, 11) is 0. The second kappa shape index (κ2) is 1.98. The summed E-state index contributed by atoms with van der Waals surface area (Å²) in [4.78, 5) is 0. The van der Waals surface area contributed by atoms with Crippen molar-refractivity contribution >= 4 is 0 Å². The summed E-state index contributed by atoms with van der Waals surface area (Å²) >= 11 is 0. The first-order valence-corrected chi connectivity index (χ1v) is 4.06. The third-order valence-electron chi connectivity index (χ3n) is 2.80. The van der Waals surface area contributed by atoms with Gasteiger partial charge in [0, 0.05) is 0 Å². The quantitative estimate of drug-likeness (QED) is 0.522. The second-order valence-electron chi connectivity index (χ2n) is 3.51. The highest BCUT2D eigenvalue weighted by molar-refractivity contribution is 4.92. The molecular formula is C8H14O. The number of aliphatic hydroxyl groups excluding tert-OH is 1. The van der Waals surface area contributed by atoms with Crippen LogP contribution in [-0.2, 0) is 0 Å². The van der Waals surface area contributed by atoms with Gasteiger partial charge in [-0.15, -0.1) is 0 Å². The molecule has 2 fully saturated rings. The summed E-state index contributed by atoms with van der Waals surface area (Å²) < 4.78 is 0. The smallest absolute Gasteiger partial charge is 0.0571 e. The van der Waals surface area contributed by atoms with Crippen LogP contribution >= 0.6 is 0 Å². The van der Waals surface area contributed by atoms with Gasteiger partial charge in [0.05, 0.1) is 6.10 Å². The average Bonchev–Trinajstić information content (AvgIpc) is 2.55. The molecule has 1 heteroatoms. The number of hydrogen-bond acceptors (Lipinski definition) is 1. The monoisotopic (exact) mass is 126 g/mol. The molecule has 0 unspecified atom stereocenters. The standard InChI is InChI=1S/C8H14O/c9-8-4-2-1-3-6-5-7(6)8/h6-9H,1-5H2/t6-,7-,8+/m0/s1. The van der Waals surface area contributed by atoms with E-state index in [-0.39, 0.29) is 6.10 Å². The van der Waals surface area contributed by atoms with Crippen LogP contribution in [0.15, 0.2) is 0 Å². The average molecular weight is 126 g/mol. The minimum Gasteiger partial charge on any atom is -0.393 e. The highest BCUT2D eigenvalue weighted by Crippen LogP contribution is 2.47. The number of aliphatic hydroxyl groups is 1. The van der Waals surface area contributed by atoms with Crippen molar-refractivity contribution < 1.29 is 5.11 Å². The number of rotatable bonds is 0. The minimum absolute atomic E-state index is 0.0671. The first kappa shape index (κ1) is 5.72. The molecule has 0 heterocycles. The van der Waals surface area contributed by atoms with Crippen molar-refractivity contribution in [3.8, 4) is 0 Å². The maximum Gasteiger partial charge on any atom is 0.0571 e. The summed E-state index contributed by atoms with van der Waals surface area (Å²) in [5.74, 6) is 1.63. The van der Waals surface area contributed by atoms with E-state index < -0.39 is 0 Å². The zero-order valence-corrected chi connectivity index (χ0v) is 5.71. The van der Waals surface area contributed by atoms with Crippen molar-refractivity contribution in [1.29, 1.82) is 0 Å². The van der Waals surface area contributed by atoms with E-state index in [0.717, 1.165) is 12.3 Å². The fourth-order valence-electron chi connectivity index (χ4n) is 2.05. The lowest BCUT2D eigenvalue weighted by Crippen LogP contribution is -2.07. The van der Waals surface area contributed by atoms with Crippen molar-refractivity contribution in [3.05, 3.63) is 0 Å². The Hall–Kier alpha value is -0.0400. The molecule has 0 aromatic heterocycles. The van der Waals surface area contributed by atoms with Crippen molar-refractivity contribution in [3.63, 3.8) is 0 Å². The Morgan fingerprint density at radius 1 is 1.11 bits per heavy atom. The van der Waals surface area contributed by atoms with Gasteiger partial charge in [-0.1, -0.05) is 19.3 Å². The fraction of sp³-hybridized carbons (Fsp3) is 1.00. The molecule has 0 aromatic carbocycles. The molecule has 2 aliphatic rings. The molecular weight excluding hydrogens is 112 g/mol. The largest absolute Gasteiger partial charge is 0.393 e. The maximum absolute atomic E-state index is 9.40. The van der Waals surface area contributed by atoms with Crippen molar-refractivity contribution in [2.75, 3.05) is 0 Å². The van der Waals surface area contributed by atoms with E-state index in [2.05, 4.69) is 0 Å². The molecule has 0 saturated heterocycles. The fourth-order valence-corrected chi connectivity index (χ4v) is 2.05. The summed E-state index contributed by atoms with van der Waals surface area (Å²) in [6, 6.07) is 0. The highest BCUT2D eigenvalue weighted by Gasteiger charge is 2.42. The summed E-state index contributed by atoms with van der Waals surface area (Å²) in [6.07, 6.45) is 6.47. The lowest BCUT2D eigenvalue weighted by Gasteiger charge is -2.04. The van der Waals surface area contributed by atoms with Gasteiger partial charge in [0.2, 0.25) is 0 Å². The Morgan fingerprint density at radius 2 is 1.89 bits per heavy atom. The molecule has 2 saturated carbocycles. The van der Waals surface area contributed by atoms with Crippen LogP contribution in [-0.4, -0.2) is 11.2 Å². The van der Waals surface area contributed by atoms with Gasteiger partial charge in [0.25, 0.3) is 0 Å². The van der Waals surface area contributed by atoms with Crippen LogP contribution < -0.4 is 0 Å². The third kappa shape index (κ3) is 0.983. The van der Waals surface area contributed by atoms with Gasteiger partial charge in [-0.25, -0.2) is 0 Å². The predicted octanol–water partition coefficient (Wildman–Crippen LogP) is 1.56. The second-order valence-corrected chi connectivity index (χ2v) is 3.51. The lowest BCUT2D eigenvalue weighted by atomic mass is 10.1. The lowest BCUT2D eigenvalue weighted by molar-refractivity contribution is 0.139. The molecule has 0 aromatic rings. The Kier molecular flexibility index (Phi) is 1.26. The van der Waals surface area contributed by atoms with Crippen LogP contribution in [0.2, 0.25) is 0 Å². The minimum atomic E-state index is 0.0671. The van der Waals surface area contributed by atoms with E-state index in [1.54, 1.807) is 0 Å². The first-order chi connectivity index (χ1) is 4.38.